The second-order valence-electron chi connectivity index (χ2n) is 4.72. The van der Waals surface area contributed by atoms with Gasteiger partial charge < -0.3 is 19.4 Å². The Labute approximate surface area is 113 Å². The van der Waals surface area contributed by atoms with Gasteiger partial charge in [0.05, 0.1) is 25.1 Å². The lowest BCUT2D eigenvalue weighted by atomic mass is 10.1. The van der Waals surface area contributed by atoms with E-state index in [1.165, 1.54) is 0 Å². The number of carbonyl (C=O) groups excluding carboxylic acids is 1. The molecule has 0 aromatic carbocycles. The zero-order chi connectivity index (χ0) is 13.5. The first kappa shape index (κ1) is 14.0. The van der Waals surface area contributed by atoms with Crippen LogP contribution in [0.2, 0.25) is 0 Å². The molecule has 1 aromatic rings. The molecule has 2 heterocycles. The molecule has 1 amide bonds. The number of carbonyl (C=O) groups is 1. The molecule has 0 saturated carbocycles. The van der Waals surface area contributed by atoms with Crippen molar-refractivity contribution in [2.45, 2.75) is 38.0 Å². The first-order valence-corrected chi connectivity index (χ1v) is 6.65. The summed E-state index contributed by atoms with van der Waals surface area (Å²) in [7, 11) is 1.67. The molecule has 0 unspecified atom stereocenters. The van der Waals surface area contributed by atoms with E-state index in [0.29, 0.717) is 19.6 Å². The third-order valence-corrected chi connectivity index (χ3v) is 3.32. The van der Waals surface area contributed by atoms with Crippen molar-refractivity contribution in [3.8, 4) is 0 Å². The fraction of sp³-hybridized carbons (Fsp3) is 0.692. The Morgan fingerprint density at radius 2 is 2.53 bits per heavy atom. The SMILES string of the molecule is CO[C@@H]1CCOC[C@H]1NC(=O)CCCn1ccnc1. The summed E-state index contributed by atoms with van der Waals surface area (Å²) in [6.07, 6.45) is 7.59. The summed E-state index contributed by atoms with van der Waals surface area (Å²) >= 11 is 0. The highest BCUT2D eigenvalue weighted by atomic mass is 16.5. The van der Waals surface area contributed by atoms with Crippen LogP contribution in [0.15, 0.2) is 18.7 Å². The van der Waals surface area contributed by atoms with E-state index in [1.807, 2.05) is 10.8 Å². The van der Waals surface area contributed by atoms with Crippen LogP contribution in [-0.4, -0.2) is 47.9 Å². The summed E-state index contributed by atoms with van der Waals surface area (Å²) in [5.41, 5.74) is 0. The molecule has 1 saturated heterocycles. The van der Waals surface area contributed by atoms with Crippen LogP contribution >= 0.6 is 0 Å². The van der Waals surface area contributed by atoms with Crippen LogP contribution in [-0.2, 0) is 20.8 Å². The minimum atomic E-state index is -0.0282. The van der Waals surface area contributed by atoms with E-state index in [0.717, 1.165) is 19.4 Å². The molecule has 1 N–H and O–H groups in total. The van der Waals surface area contributed by atoms with Gasteiger partial charge in [-0.1, -0.05) is 0 Å². The maximum atomic E-state index is 11.9. The number of hydrogen-bond donors (Lipinski definition) is 1. The highest BCUT2D eigenvalue weighted by Gasteiger charge is 2.26. The normalized spacial score (nSPS) is 23.2. The van der Waals surface area contributed by atoms with Gasteiger partial charge in [-0.2, -0.15) is 0 Å². The second-order valence-corrected chi connectivity index (χ2v) is 4.72. The van der Waals surface area contributed by atoms with Crippen molar-refractivity contribution in [3.63, 3.8) is 0 Å². The van der Waals surface area contributed by atoms with Crippen molar-refractivity contribution < 1.29 is 14.3 Å². The highest BCUT2D eigenvalue weighted by Crippen LogP contribution is 2.11. The predicted octanol–water partition coefficient (Wildman–Crippen LogP) is 0.583. The number of methoxy groups -OCH3 is 1. The first-order valence-electron chi connectivity index (χ1n) is 6.65. The van der Waals surface area contributed by atoms with E-state index in [1.54, 1.807) is 19.6 Å². The van der Waals surface area contributed by atoms with E-state index in [-0.39, 0.29) is 18.1 Å². The van der Waals surface area contributed by atoms with Crippen molar-refractivity contribution in [2.24, 2.45) is 0 Å². The summed E-state index contributed by atoms with van der Waals surface area (Å²) < 4.78 is 12.7. The molecule has 1 aliphatic heterocycles. The maximum absolute atomic E-state index is 11.9. The molecule has 1 fully saturated rings. The van der Waals surface area contributed by atoms with Gasteiger partial charge in [-0.3, -0.25) is 4.79 Å². The molecule has 6 heteroatoms. The van der Waals surface area contributed by atoms with Gasteiger partial charge in [-0.15, -0.1) is 0 Å². The number of nitrogens with zero attached hydrogens (tertiary/aromatic N) is 2. The lowest BCUT2D eigenvalue weighted by Crippen LogP contribution is -2.50. The predicted molar refractivity (Wildman–Crippen MR) is 69.6 cm³/mol. The van der Waals surface area contributed by atoms with Crippen molar-refractivity contribution in [2.75, 3.05) is 20.3 Å². The molecule has 0 bridgehead atoms. The molecule has 0 aliphatic carbocycles. The number of aromatic nitrogens is 2. The average molecular weight is 267 g/mol. The lowest BCUT2D eigenvalue weighted by Gasteiger charge is -2.31. The van der Waals surface area contributed by atoms with Gasteiger partial charge in [0.1, 0.15) is 0 Å². The van der Waals surface area contributed by atoms with Gasteiger partial charge in [0.15, 0.2) is 0 Å². The van der Waals surface area contributed by atoms with Gasteiger partial charge in [0.25, 0.3) is 0 Å². The third-order valence-electron chi connectivity index (χ3n) is 3.32. The summed E-state index contributed by atoms with van der Waals surface area (Å²) in [4.78, 5) is 15.8. The van der Waals surface area contributed by atoms with Crippen LogP contribution in [0.3, 0.4) is 0 Å². The van der Waals surface area contributed by atoms with Crippen LogP contribution in [0.1, 0.15) is 19.3 Å². The second kappa shape index (κ2) is 7.25. The van der Waals surface area contributed by atoms with Crippen LogP contribution in [0, 0.1) is 0 Å². The standard InChI is InChI=1S/C13H21N3O3/c1-18-12-4-8-19-9-11(12)15-13(17)3-2-6-16-7-5-14-10-16/h5,7,10-12H,2-4,6,8-9H2,1H3,(H,15,17)/t11-,12-/m1/s1. The van der Waals surface area contributed by atoms with Gasteiger partial charge in [0, 0.05) is 39.1 Å². The Bertz CT molecular complexity index is 380. The maximum Gasteiger partial charge on any atom is 0.220 e. The van der Waals surface area contributed by atoms with Gasteiger partial charge >= 0.3 is 0 Å². The summed E-state index contributed by atoms with van der Waals surface area (Å²) in [5.74, 6) is 0.0534. The Morgan fingerprint density at radius 1 is 1.63 bits per heavy atom. The first-order chi connectivity index (χ1) is 9.29. The fourth-order valence-corrected chi connectivity index (χ4v) is 2.26. The topological polar surface area (TPSA) is 65.4 Å². The molecule has 1 aromatic heterocycles. The molecule has 6 nitrogen and oxygen atoms in total. The number of amides is 1. The number of aryl methyl sites for hydroxylation is 1. The minimum Gasteiger partial charge on any atom is -0.379 e. The molecule has 2 atom stereocenters. The molecule has 19 heavy (non-hydrogen) atoms. The van der Waals surface area contributed by atoms with E-state index in [2.05, 4.69) is 10.3 Å². The van der Waals surface area contributed by atoms with Crippen molar-refractivity contribution >= 4 is 5.91 Å². The molecule has 1 aliphatic rings. The molecular formula is C13H21N3O3. The number of nitrogens with one attached hydrogen (secondary N) is 1. The number of rotatable bonds is 6. The average Bonchev–Trinajstić information content (AvgIpc) is 2.92. The zero-order valence-electron chi connectivity index (χ0n) is 11.2. The Balaban J connectivity index is 1.68. The van der Waals surface area contributed by atoms with E-state index in [4.69, 9.17) is 9.47 Å². The van der Waals surface area contributed by atoms with Crippen molar-refractivity contribution in [3.05, 3.63) is 18.7 Å². The number of hydrogen-bond acceptors (Lipinski definition) is 4. The molecule has 0 spiro atoms. The fourth-order valence-electron chi connectivity index (χ4n) is 2.26. The van der Waals surface area contributed by atoms with E-state index >= 15 is 0 Å². The number of ether oxygens (including phenoxy) is 2. The minimum absolute atomic E-state index is 0.0282. The van der Waals surface area contributed by atoms with Crippen LogP contribution in [0.25, 0.3) is 0 Å². The molecular weight excluding hydrogens is 246 g/mol. The van der Waals surface area contributed by atoms with Gasteiger partial charge in [0.2, 0.25) is 5.91 Å². The quantitative estimate of drug-likeness (QED) is 0.819. The third kappa shape index (κ3) is 4.33. The molecule has 106 valence electrons. The monoisotopic (exact) mass is 267 g/mol. The van der Waals surface area contributed by atoms with Crippen molar-refractivity contribution in [1.82, 2.24) is 14.9 Å². The van der Waals surface area contributed by atoms with E-state index < -0.39 is 0 Å². The Hall–Kier alpha value is -1.40. The Morgan fingerprint density at radius 3 is 3.26 bits per heavy atom. The highest BCUT2D eigenvalue weighted by molar-refractivity contribution is 5.76. The van der Waals surface area contributed by atoms with Crippen molar-refractivity contribution in [1.29, 1.82) is 0 Å². The van der Waals surface area contributed by atoms with E-state index in [9.17, 15) is 4.79 Å². The molecule has 0 radical (unpaired) electrons. The Kier molecular flexibility index (Phi) is 5.35. The summed E-state index contributed by atoms with van der Waals surface area (Å²) in [6, 6.07) is -0.0282. The lowest BCUT2D eigenvalue weighted by molar-refractivity contribution is -0.125. The van der Waals surface area contributed by atoms with Gasteiger partial charge in [-0.25, -0.2) is 4.98 Å². The van der Waals surface area contributed by atoms with Crippen LogP contribution < -0.4 is 5.32 Å². The summed E-state index contributed by atoms with van der Waals surface area (Å²) in [5, 5.41) is 2.99. The number of imidazole rings is 1. The van der Waals surface area contributed by atoms with Crippen LogP contribution in [0.4, 0.5) is 0 Å². The summed E-state index contributed by atoms with van der Waals surface area (Å²) in [6.45, 7) is 2.04. The largest absolute Gasteiger partial charge is 0.379 e. The molecule has 2 rings (SSSR count). The smallest absolute Gasteiger partial charge is 0.220 e. The zero-order valence-corrected chi connectivity index (χ0v) is 11.2. The van der Waals surface area contributed by atoms with Crippen LogP contribution in [0.5, 0.6) is 0 Å². The van der Waals surface area contributed by atoms with Gasteiger partial charge in [-0.05, 0) is 12.8 Å².